The van der Waals surface area contributed by atoms with Crippen LogP contribution in [0.5, 0.6) is 0 Å². The Bertz CT molecular complexity index is 275. The van der Waals surface area contributed by atoms with Gasteiger partial charge in [-0.05, 0) is 30.5 Å². The second-order valence-electron chi connectivity index (χ2n) is 3.93. The molecule has 15 heavy (non-hydrogen) atoms. The van der Waals surface area contributed by atoms with E-state index in [4.69, 9.17) is 5.73 Å². The van der Waals surface area contributed by atoms with Crippen LogP contribution in [0, 0.1) is 0 Å². The summed E-state index contributed by atoms with van der Waals surface area (Å²) in [4.78, 5) is 2.26. The molecule has 2 N–H and O–H groups in total. The number of hydrogen-bond donors (Lipinski definition) is 1. The molecule has 0 saturated carbocycles. The fourth-order valence-electron chi connectivity index (χ4n) is 1.78. The summed E-state index contributed by atoms with van der Waals surface area (Å²) in [5.41, 5.74) is 8.37. The number of hydrogen-bond acceptors (Lipinski definition) is 2. The van der Waals surface area contributed by atoms with E-state index in [1.807, 2.05) is 0 Å². The van der Waals surface area contributed by atoms with Crippen molar-refractivity contribution in [3.8, 4) is 0 Å². The van der Waals surface area contributed by atoms with Crippen molar-refractivity contribution in [1.82, 2.24) is 0 Å². The van der Waals surface area contributed by atoms with Crippen LogP contribution in [-0.4, -0.2) is 19.6 Å². The molecule has 0 aromatic heterocycles. The lowest BCUT2D eigenvalue weighted by molar-refractivity contribution is 0.619. The summed E-state index contributed by atoms with van der Waals surface area (Å²) in [7, 11) is 2.11. The van der Waals surface area contributed by atoms with Crippen molar-refractivity contribution in [3.05, 3.63) is 29.8 Å². The van der Waals surface area contributed by atoms with Crippen molar-refractivity contribution in [2.24, 2.45) is 5.73 Å². The maximum atomic E-state index is 5.74. The molecule has 0 radical (unpaired) electrons. The van der Waals surface area contributed by atoms with E-state index in [2.05, 4.69) is 50.1 Å². The van der Waals surface area contributed by atoms with Crippen LogP contribution >= 0.6 is 0 Å². The van der Waals surface area contributed by atoms with E-state index in [0.29, 0.717) is 12.6 Å². The monoisotopic (exact) mass is 206 g/mol. The van der Waals surface area contributed by atoms with Gasteiger partial charge in [-0.15, -0.1) is 0 Å². The molecule has 1 aromatic rings. The Hall–Kier alpha value is -1.02. The zero-order valence-electron chi connectivity index (χ0n) is 10.0. The number of aryl methyl sites for hydroxylation is 1. The molecule has 0 saturated heterocycles. The highest BCUT2D eigenvalue weighted by atomic mass is 15.1. The van der Waals surface area contributed by atoms with Gasteiger partial charge in [0.05, 0.1) is 0 Å². The quantitative estimate of drug-likeness (QED) is 0.801. The molecule has 1 atom stereocenters. The molecule has 0 fully saturated rings. The standard InChI is InChI=1S/C13H22N2/c1-4-11-6-8-13(9-7-11)15(3)12(5-2)10-14/h6-9,12H,4-5,10,14H2,1-3H3. The maximum absolute atomic E-state index is 5.74. The molecule has 2 heteroatoms. The van der Waals surface area contributed by atoms with E-state index in [-0.39, 0.29) is 0 Å². The smallest absolute Gasteiger partial charge is 0.0406 e. The van der Waals surface area contributed by atoms with Crippen molar-refractivity contribution in [2.75, 3.05) is 18.5 Å². The molecular weight excluding hydrogens is 184 g/mol. The first kappa shape index (κ1) is 12.1. The lowest BCUT2D eigenvalue weighted by Crippen LogP contribution is -2.37. The minimum atomic E-state index is 0.442. The third-order valence-corrected chi connectivity index (χ3v) is 3.04. The molecule has 1 rings (SSSR count). The van der Waals surface area contributed by atoms with E-state index in [1.54, 1.807) is 0 Å². The second-order valence-corrected chi connectivity index (χ2v) is 3.93. The van der Waals surface area contributed by atoms with Gasteiger partial charge in [0.1, 0.15) is 0 Å². The first-order chi connectivity index (χ1) is 7.22. The maximum Gasteiger partial charge on any atom is 0.0406 e. The minimum absolute atomic E-state index is 0.442. The first-order valence-corrected chi connectivity index (χ1v) is 5.74. The number of likely N-dealkylation sites (N-methyl/N-ethyl adjacent to an activating group) is 1. The fourth-order valence-corrected chi connectivity index (χ4v) is 1.78. The van der Waals surface area contributed by atoms with Crippen molar-refractivity contribution in [3.63, 3.8) is 0 Å². The Morgan fingerprint density at radius 2 is 1.80 bits per heavy atom. The molecule has 0 heterocycles. The zero-order valence-corrected chi connectivity index (χ0v) is 10.0. The van der Waals surface area contributed by atoms with Gasteiger partial charge >= 0.3 is 0 Å². The molecule has 84 valence electrons. The average molecular weight is 206 g/mol. The highest BCUT2D eigenvalue weighted by Gasteiger charge is 2.10. The van der Waals surface area contributed by atoms with Gasteiger partial charge in [-0.3, -0.25) is 0 Å². The van der Waals surface area contributed by atoms with Crippen LogP contribution in [0.4, 0.5) is 5.69 Å². The van der Waals surface area contributed by atoms with E-state index >= 15 is 0 Å². The molecule has 0 bridgehead atoms. The Morgan fingerprint density at radius 1 is 1.20 bits per heavy atom. The van der Waals surface area contributed by atoms with Crippen molar-refractivity contribution in [1.29, 1.82) is 0 Å². The normalized spacial score (nSPS) is 12.5. The predicted octanol–water partition coefficient (Wildman–Crippen LogP) is 2.42. The molecule has 0 aliphatic rings. The number of rotatable bonds is 5. The largest absolute Gasteiger partial charge is 0.370 e. The van der Waals surface area contributed by atoms with Gasteiger partial charge in [-0.2, -0.15) is 0 Å². The Morgan fingerprint density at radius 3 is 2.20 bits per heavy atom. The Labute approximate surface area is 93.1 Å². The van der Waals surface area contributed by atoms with Crippen LogP contribution in [0.25, 0.3) is 0 Å². The number of nitrogens with zero attached hydrogens (tertiary/aromatic N) is 1. The molecule has 0 spiro atoms. The van der Waals surface area contributed by atoms with Crippen molar-refractivity contribution < 1.29 is 0 Å². The van der Waals surface area contributed by atoms with E-state index < -0.39 is 0 Å². The molecule has 0 amide bonds. The second kappa shape index (κ2) is 5.76. The summed E-state index contributed by atoms with van der Waals surface area (Å²) in [6.45, 7) is 5.06. The predicted molar refractivity (Wildman–Crippen MR) is 67.4 cm³/mol. The Balaban J connectivity index is 2.76. The molecule has 1 aromatic carbocycles. The van der Waals surface area contributed by atoms with Crippen LogP contribution in [0.3, 0.4) is 0 Å². The third kappa shape index (κ3) is 2.96. The minimum Gasteiger partial charge on any atom is -0.370 e. The van der Waals surface area contributed by atoms with Crippen LogP contribution in [0.15, 0.2) is 24.3 Å². The number of anilines is 1. The van der Waals surface area contributed by atoms with Crippen LogP contribution < -0.4 is 10.6 Å². The van der Waals surface area contributed by atoms with E-state index in [9.17, 15) is 0 Å². The number of nitrogens with two attached hydrogens (primary N) is 1. The SMILES string of the molecule is CCc1ccc(N(C)C(CC)CN)cc1. The van der Waals surface area contributed by atoms with E-state index in [1.165, 1.54) is 11.3 Å². The molecule has 0 aliphatic carbocycles. The molecule has 0 aliphatic heterocycles. The average Bonchev–Trinajstić information content (AvgIpc) is 2.30. The molecule has 1 unspecified atom stereocenters. The summed E-state index contributed by atoms with van der Waals surface area (Å²) in [6.07, 6.45) is 2.18. The highest BCUT2D eigenvalue weighted by molar-refractivity contribution is 5.47. The summed E-state index contributed by atoms with van der Waals surface area (Å²) in [5.74, 6) is 0. The van der Waals surface area contributed by atoms with Gasteiger partial charge in [0.15, 0.2) is 0 Å². The highest BCUT2D eigenvalue weighted by Crippen LogP contribution is 2.17. The summed E-state index contributed by atoms with van der Waals surface area (Å²) in [5, 5.41) is 0. The van der Waals surface area contributed by atoms with Crippen molar-refractivity contribution >= 4 is 5.69 Å². The Kier molecular flexibility index (Phi) is 4.63. The van der Waals surface area contributed by atoms with Gasteiger partial charge in [0.2, 0.25) is 0 Å². The van der Waals surface area contributed by atoms with Crippen LogP contribution in [0.2, 0.25) is 0 Å². The van der Waals surface area contributed by atoms with Gasteiger partial charge in [0, 0.05) is 25.3 Å². The van der Waals surface area contributed by atoms with E-state index in [0.717, 1.165) is 12.8 Å². The van der Waals surface area contributed by atoms with Gasteiger partial charge in [-0.25, -0.2) is 0 Å². The number of benzene rings is 1. The summed E-state index contributed by atoms with van der Waals surface area (Å²) >= 11 is 0. The zero-order chi connectivity index (χ0) is 11.3. The lowest BCUT2D eigenvalue weighted by Gasteiger charge is -2.28. The first-order valence-electron chi connectivity index (χ1n) is 5.74. The van der Waals surface area contributed by atoms with Gasteiger partial charge in [-0.1, -0.05) is 26.0 Å². The van der Waals surface area contributed by atoms with Crippen LogP contribution in [0.1, 0.15) is 25.8 Å². The lowest BCUT2D eigenvalue weighted by atomic mass is 10.1. The van der Waals surface area contributed by atoms with Crippen molar-refractivity contribution in [2.45, 2.75) is 32.7 Å². The van der Waals surface area contributed by atoms with Gasteiger partial charge in [0.25, 0.3) is 0 Å². The summed E-state index contributed by atoms with van der Waals surface area (Å²) in [6, 6.07) is 9.18. The van der Waals surface area contributed by atoms with Gasteiger partial charge < -0.3 is 10.6 Å². The third-order valence-electron chi connectivity index (χ3n) is 3.04. The summed E-state index contributed by atoms with van der Waals surface area (Å²) < 4.78 is 0. The fraction of sp³-hybridized carbons (Fsp3) is 0.538. The topological polar surface area (TPSA) is 29.3 Å². The molecular formula is C13H22N2. The van der Waals surface area contributed by atoms with Crippen LogP contribution in [-0.2, 0) is 6.42 Å². The molecule has 2 nitrogen and oxygen atoms in total.